The Kier molecular flexibility index (Phi) is 4.53. The maximum atomic E-state index is 10.6. The molecule has 58 valence electrons. The molecule has 0 radical (unpaired) electrons. The highest BCUT2D eigenvalue weighted by atomic mass is 16.5. The van der Waals surface area contributed by atoms with E-state index in [9.17, 15) is 4.79 Å². The molecular weight excluding hydrogens is 132 g/mol. The Morgan fingerprint density at radius 1 is 1.80 bits per heavy atom. The molecule has 0 unspecified atom stereocenters. The Morgan fingerprint density at radius 2 is 2.40 bits per heavy atom. The predicted octanol–water partition coefficient (Wildman–Crippen LogP) is -0.431. The van der Waals surface area contributed by atoms with Crippen LogP contribution in [-0.2, 0) is 9.53 Å². The minimum absolute atomic E-state index is 0.280. The number of nitrogens with one attached hydrogen (secondary N) is 1. The summed E-state index contributed by atoms with van der Waals surface area (Å²) in [5.74, 6) is 4.55. The summed E-state index contributed by atoms with van der Waals surface area (Å²) < 4.78 is 4.66. The van der Waals surface area contributed by atoms with Crippen LogP contribution in [0.1, 0.15) is 6.92 Å². The summed E-state index contributed by atoms with van der Waals surface area (Å²) in [6.45, 7) is 5.74. The Hall–Kier alpha value is -0.870. The van der Waals surface area contributed by atoms with Gasteiger partial charge in [-0.3, -0.25) is 11.3 Å². The van der Waals surface area contributed by atoms with Crippen molar-refractivity contribution in [3.63, 3.8) is 0 Å². The molecule has 0 heterocycles. The first-order valence-electron chi connectivity index (χ1n) is 2.94. The summed E-state index contributed by atoms with van der Waals surface area (Å²) in [6, 6.07) is 0. The first-order chi connectivity index (χ1) is 4.68. The zero-order valence-corrected chi connectivity index (χ0v) is 6.02. The maximum Gasteiger partial charge on any atom is 0.333 e. The molecule has 10 heavy (non-hydrogen) atoms. The van der Waals surface area contributed by atoms with Gasteiger partial charge in [-0.2, -0.15) is 0 Å². The molecule has 0 amide bonds. The number of carbonyl (C=O) groups is 1. The lowest BCUT2D eigenvalue weighted by Gasteiger charge is -2.01. The molecule has 4 heteroatoms. The van der Waals surface area contributed by atoms with Crippen LogP contribution in [0.4, 0.5) is 0 Å². The average Bonchev–Trinajstić information content (AvgIpc) is 1.88. The van der Waals surface area contributed by atoms with Gasteiger partial charge in [0.05, 0.1) is 0 Å². The van der Waals surface area contributed by atoms with Crippen molar-refractivity contribution < 1.29 is 9.53 Å². The molecule has 0 fully saturated rings. The van der Waals surface area contributed by atoms with E-state index in [0.717, 1.165) is 0 Å². The Labute approximate surface area is 60.0 Å². The first kappa shape index (κ1) is 9.13. The van der Waals surface area contributed by atoms with Crippen LogP contribution in [0.25, 0.3) is 0 Å². The molecule has 3 N–H and O–H groups in total. The summed E-state index contributed by atoms with van der Waals surface area (Å²) in [5.41, 5.74) is 2.76. The standard InChI is InChI=1S/C6H12N2O2/c1-5(2)6(9)10-4-3-8-7/h8H,1,3-4,7H2,2H3. The lowest BCUT2D eigenvalue weighted by Crippen LogP contribution is -2.27. The van der Waals surface area contributed by atoms with Crippen molar-refractivity contribution in [2.24, 2.45) is 5.84 Å². The fraction of sp³-hybridized carbons (Fsp3) is 0.500. The third kappa shape index (κ3) is 4.05. The molecule has 0 saturated heterocycles. The molecule has 0 bridgehead atoms. The molecular formula is C6H12N2O2. The lowest BCUT2D eigenvalue weighted by atomic mass is 10.4. The maximum absolute atomic E-state index is 10.6. The van der Waals surface area contributed by atoms with Crippen LogP contribution in [0.15, 0.2) is 12.2 Å². The fourth-order valence-corrected chi connectivity index (χ4v) is 0.326. The Bertz CT molecular complexity index is 134. The number of esters is 1. The van der Waals surface area contributed by atoms with Crippen LogP contribution >= 0.6 is 0 Å². The summed E-state index contributed by atoms with van der Waals surface area (Å²) in [5, 5.41) is 0. The Balaban J connectivity index is 3.31. The second kappa shape index (κ2) is 4.96. The Morgan fingerprint density at radius 3 is 2.80 bits per heavy atom. The van der Waals surface area contributed by atoms with E-state index in [-0.39, 0.29) is 12.6 Å². The van der Waals surface area contributed by atoms with Crippen molar-refractivity contribution in [3.8, 4) is 0 Å². The van der Waals surface area contributed by atoms with E-state index in [1.165, 1.54) is 0 Å². The summed E-state index contributed by atoms with van der Waals surface area (Å²) in [6.07, 6.45) is 0. The normalized spacial score (nSPS) is 9.00. The average molecular weight is 144 g/mol. The number of carbonyl (C=O) groups excluding carboxylic acids is 1. The molecule has 4 nitrogen and oxygen atoms in total. The third-order valence-electron chi connectivity index (χ3n) is 0.828. The second-order valence-electron chi connectivity index (χ2n) is 1.87. The van der Waals surface area contributed by atoms with Crippen LogP contribution < -0.4 is 11.3 Å². The van der Waals surface area contributed by atoms with Crippen molar-refractivity contribution in [1.82, 2.24) is 5.43 Å². The quantitative estimate of drug-likeness (QED) is 0.185. The van der Waals surface area contributed by atoms with E-state index >= 15 is 0 Å². The van der Waals surface area contributed by atoms with Crippen molar-refractivity contribution in [2.45, 2.75) is 6.92 Å². The largest absolute Gasteiger partial charge is 0.461 e. The van der Waals surface area contributed by atoms with Gasteiger partial charge in [-0.1, -0.05) is 6.58 Å². The third-order valence-corrected chi connectivity index (χ3v) is 0.828. The van der Waals surface area contributed by atoms with Gasteiger partial charge in [-0.25, -0.2) is 4.79 Å². The van der Waals surface area contributed by atoms with Gasteiger partial charge in [-0.15, -0.1) is 0 Å². The highest BCUT2D eigenvalue weighted by Gasteiger charge is 2.00. The van der Waals surface area contributed by atoms with Crippen LogP contribution in [-0.4, -0.2) is 19.1 Å². The molecule has 0 atom stereocenters. The smallest absolute Gasteiger partial charge is 0.333 e. The van der Waals surface area contributed by atoms with Crippen LogP contribution in [0.5, 0.6) is 0 Å². The fourth-order valence-electron chi connectivity index (χ4n) is 0.326. The molecule has 0 aliphatic carbocycles. The minimum Gasteiger partial charge on any atom is -0.461 e. The van der Waals surface area contributed by atoms with Gasteiger partial charge in [0.25, 0.3) is 0 Å². The number of rotatable bonds is 4. The number of ether oxygens (including phenoxy) is 1. The van der Waals surface area contributed by atoms with Crippen molar-refractivity contribution in [3.05, 3.63) is 12.2 Å². The van der Waals surface area contributed by atoms with Crippen molar-refractivity contribution in [2.75, 3.05) is 13.2 Å². The van der Waals surface area contributed by atoms with Crippen LogP contribution in [0, 0.1) is 0 Å². The van der Waals surface area contributed by atoms with E-state index in [1.807, 2.05) is 0 Å². The summed E-state index contributed by atoms with van der Waals surface area (Å²) in [7, 11) is 0. The van der Waals surface area contributed by atoms with E-state index in [4.69, 9.17) is 5.84 Å². The van der Waals surface area contributed by atoms with E-state index in [0.29, 0.717) is 12.1 Å². The van der Waals surface area contributed by atoms with Gasteiger partial charge >= 0.3 is 5.97 Å². The molecule has 0 rings (SSSR count). The molecule has 0 aliphatic rings. The van der Waals surface area contributed by atoms with Crippen LogP contribution in [0.3, 0.4) is 0 Å². The van der Waals surface area contributed by atoms with E-state index < -0.39 is 0 Å². The van der Waals surface area contributed by atoms with Gasteiger partial charge in [0.2, 0.25) is 0 Å². The van der Waals surface area contributed by atoms with Gasteiger partial charge in [0, 0.05) is 12.1 Å². The van der Waals surface area contributed by atoms with E-state index in [2.05, 4.69) is 16.7 Å². The van der Waals surface area contributed by atoms with Gasteiger partial charge < -0.3 is 4.74 Å². The number of hydrazine groups is 1. The predicted molar refractivity (Wildman–Crippen MR) is 38.0 cm³/mol. The second-order valence-corrected chi connectivity index (χ2v) is 1.87. The zero-order valence-electron chi connectivity index (χ0n) is 6.02. The van der Waals surface area contributed by atoms with Crippen molar-refractivity contribution in [1.29, 1.82) is 0 Å². The summed E-state index contributed by atoms with van der Waals surface area (Å²) >= 11 is 0. The minimum atomic E-state index is -0.379. The van der Waals surface area contributed by atoms with Gasteiger partial charge in [-0.05, 0) is 6.92 Å². The monoisotopic (exact) mass is 144 g/mol. The highest BCUT2D eigenvalue weighted by Crippen LogP contribution is 1.89. The molecule has 0 aromatic rings. The molecule has 0 aromatic heterocycles. The number of hydrogen-bond donors (Lipinski definition) is 2. The lowest BCUT2D eigenvalue weighted by molar-refractivity contribution is -0.138. The van der Waals surface area contributed by atoms with Gasteiger partial charge in [0.15, 0.2) is 0 Å². The SMILES string of the molecule is C=C(C)C(=O)OCCNN. The zero-order chi connectivity index (χ0) is 7.98. The molecule has 0 spiro atoms. The van der Waals surface area contributed by atoms with E-state index in [1.54, 1.807) is 6.92 Å². The van der Waals surface area contributed by atoms with Gasteiger partial charge in [0.1, 0.15) is 6.61 Å². The van der Waals surface area contributed by atoms with Crippen molar-refractivity contribution >= 4 is 5.97 Å². The topological polar surface area (TPSA) is 64.3 Å². The summed E-state index contributed by atoms with van der Waals surface area (Å²) in [4.78, 5) is 10.6. The molecule has 0 saturated carbocycles. The molecule has 0 aliphatic heterocycles. The first-order valence-corrected chi connectivity index (χ1v) is 2.94. The highest BCUT2D eigenvalue weighted by molar-refractivity contribution is 5.86. The van der Waals surface area contributed by atoms with Crippen LogP contribution in [0.2, 0.25) is 0 Å². The number of nitrogens with two attached hydrogens (primary N) is 1. The molecule has 0 aromatic carbocycles. The number of hydrogen-bond acceptors (Lipinski definition) is 4.